The Labute approximate surface area is 491 Å². The molecule has 11 aromatic carbocycles. The molecule has 0 aliphatic rings. The summed E-state index contributed by atoms with van der Waals surface area (Å²) in [4.78, 5) is 33.9. The van der Waals surface area contributed by atoms with E-state index in [0.29, 0.717) is 9.81 Å². The molecule has 0 aromatic heterocycles. The van der Waals surface area contributed by atoms with Crippen LogP contribution in [0.25, 0.3) is 0 Å². The molecule has 0 fully saturated rings. The van der Waals surface area contributed by atoms with Gasteiger partial charge in [0.05, 0.1) is 0 Å². The number of hydrogen-bond donors (Lipinski definition) is 0. The Hall–Kier alpha value is -7.67. The second-order valence-electron chi connectivity index (χ2n) is 21.5. The molecule has 0 aliphatic heterocycles. The van der Waals surface area contributed by atoms with E-state index in [2.05, 4.69) is 324 Å². The van der Waals surface area contributed by atoms with Gasteiger partial charge in [0.25, 0.3) is 0 Å². The zero-order valence-electron chi connectivity index (χ0n) is 46.7. The van der Waals surface area contributed by atoms with Gasteiger partial charge in [-0.25, -0.2) is 0 Å². The molecule has 2 atom stereocenters. The third-order valence-corrected chi connectivity index (χ3v) is 57.6. The van der Waals surface area contributed by atoms with Crippen LogP contribution in [0.15, 0.2) is 315 Å². The van der Waals surface area contributed by atoms with Crippen LogP contribution in [0, 0.1) is 20.8 Å². The monoisotopic (exact) mass is 1390 g/mol. The van der Waals surface area contributed by atoms with E-state index in [1.165, 1.54) is 26.4 Å². The van der Waals surface area contributed by atoms with Crippen LogP contribution in [0.2, 0.25) is 0 Å². The summed E-state index contributed by atoms with van der Waals surface area (Å²) in [5.41, 5.74) is 5.16. The number of hydrogen-bond acceptors (Lipinski definition) is 4. The van der Waals surface area contributed by atoms with Gasteiger partial charge in [-0.05, 0) is 0 Å². The van der Waals surface area contributed by atoms with Crippen molar-refractivity contribution in [2.24, 2.45) is 0 Å². The Bertz CT molecular complexity index is 3360. The van der Waals surface area contributed by atoms with E-state index in [1.807, 2.05) is 12.1 Å². The van der Waals surface area contributed by atoms with E-state index < -0.39 is 58.1 Å². The summed E-state index contributed by atoms with van der Waals surface area (Å²) in [5, 5.41) is 0. The van der Waals surface area contributed by atoms with Gasteiger partial charge in [0.1, 0.15) is 0 Å². The first-order valence-corrected chi connectivity index (χ1v) is 45.1. The number of carbonyl (C=O) groups is 2. The van der Waals surface area contributed by atoms with Crippen molar-refractivity contribution in [2.75, 3.05) is 0 Å². The van der Waals surface area contributed by atoms with Crippen LogP contribution >= 0.6 is 0 Å². The van der Waals surface area contributed by atoms with Gasteiger partial charge in [-0.15, -0.1) is 0 Å². The molecule has 0 saturated heterocycles. The zero-order chi connectivity index (χ0) is 56.4. The quantitative estimate of drug-likeness (QED) is 0.0757. The van der Waals surface area contributed by atoms with Gasteiger partial charge in [-0.2, -0.15) is 0 Å². The Morgan fingerprint density at radius 1 is 0.293 bits per heavy atom. The summed E-state index contributed by atoms with van der Waals surface area (Å²) < 4.78 is 24.7. The maximum absolute atomic E-state index is 16.9. The summed E-state index contributed by atoms with van der Waals surface area (Å²) in [6.45, 7) is 6.18. The molecule has 7 heteroatoms. The third kappa shape index (κ3) is 10.6. The SMILES string of the molecule is Cc1cc[c]([Bi]([O]C(=O)C[CH](c2ccccc2)[Ge]([c]2ccccc2)([c]2ccccc2)[c]2ccccc2)([O]C(=O)C[CH](c2ccccc2)[Ge]([c]2ccccc2)([c]2ccccc2)[c]2ccccc2)([c]2ccc(C)cc2)[c]2ccc(C)cc2)cc1. The van der Waals surface area contributed by atoms with Crippen LogP contribution in [0.5, 0.6) is 0 Å². The van der Waals surface area contributed by atoms with E-state index in [1.54, 1.807) is 0 Å². The molecule has 0 aliphatic carbocycles. The Balaban J connectivity index is 1.18. The molecule has 0 N–H and O–H groups in total. The first-order chi connectivity index (χ1) is 40.2. The van der Waals surface area contributed by atoms with Crippen molar-refractivity contribution in [3.63, 3.8) is 0 Å². The number of benzene rings is 11. The minimum atomic E-state index is -6.94. The van der Waals surface area contributed by atoms with Crippen molar-refractivity contribution < 1.29 is 15.2 Å². The molecule has 0 amide bonds. The molecular weight excluding hydrogens is 1320 g/mol. The number of carbonyl (C=O) groups excluding carboxylic acids is 2. The molecule has 0 heterocycles. The van der Waals surface area contributed by atoms with Gasteiger partial charge < -0.3 is 0 Å². The third-order valence-electron chi connectivity index (χ3n) is 16.6. The predicted molar refractivity (Wildman–Crippen MR) is 346 cm³/mol. The summed E-state index contributed by atoms with van der Waals surface area (Å²) >= 11 is -15.2. The normalized spacial score (nSPS) is 12.9. The van der Waals surface area contributed by atoms with E-state index in [0.717, 1.165) is 27.8 Å². The minimum absolute atomic E-state index is 0.00413. The second-order valence-corrected chi connectivity index (χ2v) is 53.4. The van der Waals surface area contributed by atoms with Crippen LogP contribution in [0.1, 0.15) is 50.2 Å². The van der Waals surface area contributed by atoms with Crippen molar-refractivity contribution in [3.8, 4) is 0 Å². The van der Waals surface area contributed by atoms with Crippen molar-refractivity contribution in [1.29, 1.82) is 0 Å². The van der Waals surface area contributed by atoms with Gasteiger partial charge in [-0.1, -0.05) is 0 Å². The first-order valence-electron chi connectivity index (χ1n) is 28.3. The molecule has 0 radical (unpaired) electrons. The molecule has 404 valence electrons. The fourth-order valence-electron chi connectivity index (χ4n) is 12.9. The average Bonchev–Trinajstić information content (AvgIpc) is 1.88. The van der Waals surface area contributed by atoms with Gasteiger partial charge in [0.15, 0.2) is 0 Å². The Morgan fingerprint density at radius 2 is 0.488 bits per heavy atom. The number of rotatable bonds is 19. The standard InChI is InChI=1S/2C27H24GeO2.3C7H7.Bi/c2*29-27(30)21-26(22-13-5-1-6-14-22)28(23-15-7-2-8-16-23,24-17-9-3-10-18-24)25-19-11-4-12-20-25;3*1-7-5-3-2-4-6-7;/h2*1-20,26H,21H2,(H,29,30);3*3-6H,1H3;/q;;;;;+2/p-2. The van der Waals surface area contributed by atoms with Crippen molar-refractivity contribution in [2.45, 2.75) is 43.1 Å². The second kappa shape index (κ2) is 24.8. The van der Waals surface area contributed by atoms with Gasteiger partial charge in [-0.3, -0.25) is 0 Å². The van der Waals surface area contributed by atoms with E-state index in [9.17, 15) is 0 Å². The topological polar surface area (TPSA) is 52.6 Å². The average molecular weight is 1390 g/mol. The summed E-state index contributed by atoms with van der Waals surface area (Å²) in [6.07, 6.45) is -0.00826. The predicted octanol–water partition coefficient (Wildman–Crippen LogP) is 10.9. The first kappa shape index (κ1) is 56.2. The van der Waals surface area contributed by atoms with Crippen LogP contribution in [0.3, 0.4) is 0 Å². The van der Waals surface area contributed by atoms with Crippen LogP contribution in [-0.4, -0.2) is 58.1 Å². The summed E-state index contributed by atoms with van der Waals surface area (Å²) in [7, 11) is 0. The van der Waals surface area contributed by atoms with Crippen molar-refractivity contribution >= 4 is 94.3 Å². The van der Waals surface area contributed by atoms with Crippen LogP contribution in [0.4, 0.5) is 0 Å². The van der Waals surface area contributed by atoms with Crippen LogP contribution < -0.4 is 36.2 Å². The summed E-state index contributed by atoms with van der Waals surface area (Å²) in [6, 6.07) is 111. The summed E-state index contributed by atoms with van der Waals surface area (Å²) in [5.74, 6) is -0.864. The molecule has 2 unspecified atom stereocenters. The fraction of sp³-hybridized carbons (Fsp3) is 0.0933. The van der Waals surface area contributed by atoms with Gasteiger partial charge >= 0.3 is 496 Å². The molecule has 11 aromatic rings. The fourth-order valence-corrected chi connectivity index (χ4v) is 53.8. The van der Waals surface area contributed by atoms with Crippen molar-refractivity contribution in [1.82, 2.24) is 0 Å². The van der Waals surface area contributed by atoms with Gasteiger partial charge in [0, 0.05) is 0 Å². The zero-order valence-corrected chi connectivity index (χ0v) is 54.3. The van der Waals surface area contributed by atoms with E-state index in [-0.39, 0.29) is 22.3 Å². The molecular formula is C75H67BiGe2O4. The molecule has 82 heavy (non-hydrogen) atoms. The van der Waals surface area contributed by atoms with E-state index >= 15 is 9.59 Å². The molecule has 0 spiro atoms. The maximum atomic E-state index is 16.9. The van der Waals surface area contributed by atoms with Crippen molar-refractivity contribution in [3.05, 3.63) is 343 Å². The Kier molecular flexibility index (Phi) is 17.0. The molecule has 4 nitrogen and oxygen atoms in total. The number of aryl methyl sites for hydroxylation is 3. The molecule has 0 bridgehead atoms. The van der Waals surface area contributed by atoms with E-state index in [4.69, 9.17) is 5.63 Å². The van der Waals surface area contributed by atoms with Gasteiger partial charge in [0.2, 0.25) is 0 Å². The van der Waals surface area contributed by atoms with Crippen LogP contribution in [-0.2, 0) is 15.2 Å². The molecule has 11 rings (SSSR count). The Morgan fingerprint density at radius 3 is 0.695 bits per heavy atom. The molecule has 0 saturated carbocycles.